The van der Waals surface area contributed by atoms with Crippen molar-refractivity contribution in [3.8, 4) is 0 Å². The molecule has 1 aliphatic rings. The molecule has 0 radical (unpaired) electrons. The number of nitrogens with two attached hydrogens (primary N) is 1. The lowest BCUT2D eigenvalue weighted by atomic mass is 10.1. The molecule has 8 heteroatoms. The van der Waals surface area contributed by atoms with Crippen LogP contribution in [0, 0.1) is 0 Å². The highest BCUT2D eigenvalue weighted by Gasteiger charge is 2.20. The number of ether oxygens (including phenoxy) is 1. The second-order valence-electron chi connectivity index (χ2n) is 5.45. The minimum absolute atomic E-state index is 0.0730. The second kappa shape index (κ2) is 8.40. The van der Waals surface area contributed by atoms with Gasteiger partial charge in [-0.15, -0.1) is 0 Å². The fraction of sp³-hybridized carbons (Fsp3) is 0.235. The number of halogens is 2. The summed E-state index contributed by atoms with van der Waals surface area (Å²) in [5, 5.41) is 21.4. The first-order chi connectivity index (χ1) is 11.8. The van der Waals surface area contributed by atoms with Crippen molar-refractivity contribution in [1.29, 1.82) is 0 Å². The molecular weight excluding hydrogens is 367 g/mol. The van der Waals surface area contributed by atoms with E-state index in [2.05, 4.69) is 0 Å². The summed E-state index contributed by atoms with van der Waals surface area (Å²) in [6.07, 6.45) is 3.63. The highest BCUT2D eigenvalue weighted by molar-refractivity contribution is 6.35. The molecule has 2 rings (SSSR count). The van der Waals surface area contributed by atoms with Crippen LogP contribution in [0.3, 0.4) is 0 Å². The summed E-state index contributed by atoms with van der Waals surface area (Å²) < 4.78 is 5.20. The van der Waals surface area contributed by atoms with E-state index < -0.39 is 12.1 Å². The van der Waals surface area contributed by atoms with Gasteiger partial charge in [0.15, 0.2) is 0 Å². The third-order valence-corrected chi connectivity index (χ3v) is 4.18. The molecule has 0 spiro atoms. The monoisotopic (exact) mass is 384 g/mol. The van der Waals surface area contributed by atoms with Gasteiger partial charge in [0.1, 0.15) is 5.76 Å². The molecule has 0 bridgehead atoms. The number of nitrogens with zero attached hydrogens (tertiary/aromatic N) is 1. The van der Waals surface area contributed by atoms with Crippen LogP contribution in [0.25, 0.3) is 0 Å². The van der Waals surface area contributed by atoms with Crippen molar-refractivity contribution in [2.24, 2.45) is 5.84 Å². The van der Waals surface area contributed by atoms with Gasteiger partial charge in [0, 0.05) is 23.2 Å². The van der Waals surface area contributed by atoms with Crippen molar-refractivity contribution in [2.45, 2.75) is 19.1 Å². The number of methoxy groups -OCH3 is 1. The molecule has 6 nitrogen and oxygen atoms in total. The van der Waals surface area contributed by atoms with Crippen molar-refractivity contribution >= 4 is 29.2 Å². The first-order valence-electron chi connectivity index (χ1n) is 7.34. The molecule has 0 aromatic heterocycles. The second-order valence-corrected chi connectivity index (χ2v) is 6.29. The van der Waals surface area contributed by atoms with Crippen molar-refractivity contribution < 1.29 is 19.7 Å². The molecule has 1 aromatic carbocycles. The number of hydrogen-bond donors (Lipinski definition) is 3. The minimum atomic E-state index is -1.02. The molecule has 0 heterocycles. The maximum atomic E-state index is 11.2. The Hall–Kier alpha value is -1.99. The Morgan fingerprint density at radius 2 is 2.08 bits per heavy atom. The molecular formula is C17H18Cl2N2O4. The minimum Gasteiger partial charge on any atom is -0.508 e. The Morgan fingerprint density at radius 1 is 1.36 bits per heavy atom. The maximum absolute atomic E-state index is 11.2. The van der Waals surface area contributed by atoms with Gasteiger partial charge in [-0.05, 0) is 35.4 Å². The molecule has 4 N–H and O–H groups in total. The Kier molecular flexibility index (Phi) is 6.50. The highest BCUT2D eigenvalue weighted by Crippen LogP contribution is 2.27. The van der Waals surface area contributed by atoms with Crippen LogP contribution in [0.2, 0.25) is 10.0 Å². The van der Waals surface area contributed by atoms with Crippen LogP contribution in [0.15, 0.2) is 53.5 Å². The number of allylic oxidation sites excluding steroid dienone is 2. The molecule has 0 saturated heterocycles. The number of aliphatic hydroxyl groups is 1. The van der Waals surface area contributed by atoms with Gasteiger partial charge in [-0.25, -0.2) is 5.84 Å². The summed E-state index contributed by atoms with van der Waals surface area (Å²) in [6, 6.07) is 5.01. The lowest BCUT2D eigenvalue weighted by molar-refractivity contribution is -0.136. The van der Waals surface area contributed by atoms with Crippen molar-refractivity contribution in [1.82, 2.24) is 5.01 Å². The van der Waals surface area contributed by atoms with Crippen LogP contribution >= 0.6 is 23.2 Å². The molecule has 1 unspecified atom stereocenters. The number of benzene rings is 1. The third kappa shape index (κ3) is 5.24. The maximum Gasteiger partial charge on any atom is 0.307 e. The summed E-state index contributed by atoms with van der Waals surface area (Å²) in [4.78, 5) is 11.2. The van der Waals surface area contributed by atoms with Gasteiger partial charge in [-0.1, -0.05) is 29.3 Å². The van der Waals surface area contributed by atoms with Crippen LogP contribution in [0.5, 0.6) is 0 Å². The molecule has 1 aromatic rings. The predicted molar refractivity (Wildman–Crippen MR) is 96.1 cm³/mol. The largest absolute Gasteiger partial charge is 0.508 e. The normalized spacial score (nSPS) is 17.3. The lowest BCUT2D eigenvalue weighted by Crippen LogP contribution is -2.31. The molecule has 0 fully saturated rings. The van der Waals surface area contributed by atoms with Crippen molar-refractivity contribution in [2.75, 3.05) is 7.11 Å². The quantitative estimate of drug-likeness (QED) is 0.513. The zero-order chi connectivity index (χ0) is 18.6. The zero-order valence-electron chi connectivity index (χ0n) is 13.4. The average Bonchev–Trinajstić information content (AvgIpc) is 2.68. The number of aliphatic carboxylic acids is 1. The topological polar surface area (TPSA) is 96.0 Å². The zero-order valence-corrected chi connectivity index (χ0v) is 15.0. The Balaban J connectivity index is 2.34. The number of carboxylic acids is 1. The predicted octanol–water partition coefficient (Wildman–Crippen LogP) is 3.42. The van der Waals surface area contributed by atoms with Crippen LogP contribution in [0.4, 0.5) is 0 Å². The summed E-state index contributed by atoms with van der Waals surface area (Å²) in [5.41, 5.74) is 1.49. The standard InChI is InChI=1S/C17H18Cl2N2O4/c1-25-14-4-11(5-17(23)24)16(8-13(22)7-14)21(20)9-10-2-3-12(18)6-15(10)19/h2-4,6-8,14,22H,5,9,20H2,1H3,(H,23,24). The van der Waals surface area contributed by atoms with Crippen LogP contribution in [-0.4, -0.2) is 34.4 Å². The van der Waals surface area contributed by atoms with E-state index in [0.717, 1.165) is 0 Å². The van der Waals surface area contributed by atoms with Gasteiger partial charge in [0.25, 0.3) is 0 Å². The Morgan fingerprint density at radius 3 is 2.68 bits per heavy atom. The van der Waals surface area contributed by atoms with E-state index in [4.69, 9.17) is 38.9 Å². The molecule has 1 aliphatic carbocycles. The Labute approximate surface area is 155 Å². The Bertz CT molecular complexity index is 759. The van der Waals surface area contributed by atoms with Crippen LogP contribution < -0.4 is 5.84 Å². The van der Waals surface area contributed by atoms with Crippen molar-refractivity contribution in [3.05, 3.63) is 69.1 Å². The number of hydrazine groups is 1. The van der Waals surface area contributed by atoms with Crippen molar-refractivity contribution in [3.63, 3.8) is 0 Å². The molecule has 0 amide bonds. The first kappa shape index (κ1) is 19.3. The number of carboxylic acid groups (broad SMARTS) is 1. The highest BCUT2D eigenvalue weighted by atomic mass is 35.5. The summed E-state index contributed by atoms with van der Waals surface area (Å²) in [6.45, 7) is 0.198. The van der Waals surface area contributed by atoms with E-state index in [-0.39, 0.29) is 18.7 Å². The number of rotatable bonds is 6. The third-order valence-electron chi connectivity index (χ3n) is 3.59. The average molecular weight is 385 g/mol. The fourth-order valence-electron chi connectivity index (χ4n) is 2.42. The first-order valence-corrected chi connectivity index (χ1v) is 8.10. The van der Waals surface area contributed by atoms with E-state index in [1.807, 2.05) is 0 Å². The number of aliphatic hydroxyl groups excluding tert-OH is 1. The summed E-state index contributed by atoms with van der Waals surface area (Å²) in [5.74, 6) is 5.04. The van der Waals surface area contributed by atoms with Crippen LogP contribution in [-0.2, 0) is 16.1 Å². The molecule has 0 saturated carbocycles. The van der Waals surface area contributed by atoms with Gasteiger partial charge in [0.2, 0.25) is 0 Å². The molecule has 0 aliphatic heterocycles. The van der Waals surface area contributed by atoms with E-state index in [9.17, 15) is 9.90 Å². The number of carbonyl (C=O) groups is 1. The van der Waals surface area contributed by atoms with E-state index in [0.29, 0.717) is 26.9 Å². The smallest absolute Gasteiger partial charge is 0.307 e. The van der Waals surface area contributed by atoms with Gasteiger partial charge < -0.3 is 20.0 Å². The van der Waals surface area contributed by atoms with Gasteiger partial charge in [0.05, 0.1) is 24.8 Å². The van der Waals surface area contributed by atoms with E-state index in [1.165, 1.54) is 24.3 Å². The molecule has 25 heavy (non-hydrogen) atoms. The fourth-order valence-corrected chi connectivity index (χ4v) is 2.88. The summed E-state index contributed by atoms with van der Waals surface area (Å²) in [7, 11) is 1.46. The van der Waals surface area contributed by atoms with E-state index >= 15 is 0 Å². The van der Waals surface area contributed by atoms with Gasteiger partial charge >= 0.3 is 5.97 Å². The SMILES string of the molecule is COC1C=C(O)C=C(N(N)Cc2ccc(Cl)cc2Cl)C(CC(=O)O)=C1. The molecule has 1 atom stereocenters. The van der Waals surface area contributed by atoms with Gasteiger partial charge in [-0.3, -0.25) is 4.79 Å². The van der Waals surface area contributed by atoms with Crippen LogP contribution in [0.1, 0.15) is 12.0 Å². The lowest BCUT2D eigenvalue weighted by Gasteiger charge is -2.24. The molecule has 134 valence electrons. The van der Waals surface area contributed by atoms with E-state index in [1.54, 1.807) is 24.3 Å². The summed E-state index contributed by atoms with van der Waals surface area (Å²) >= 11 is 12.0. The van der Waals surface area contributed by atoms with Gasteiger partial charge in [-0.2, -0.15) is 0 Å². The number of hydrogen-bond acceptors (Lipinski definition) is 5.